The number of nitrogens with zero attached hydrogens (tertiary/aromatic N) is 5. The van der Waals surface area contributed by atoms with Gasteiger partial charge in [0.1, 0.15) is 5.69 Å². The standard InChI is InChI=1S/C18H24N6O2/c1-22-10-15(20-11-22)18(26)19-7-12-3-6-16(25)24(14-4-5-14)17(12)13-8-21-23(2)9-13/h8-12,14,17H,3-7H2,1-2H3,(H,19,26)/t12-,17+/m1/s1. The number of piperidine rings is 1. The van der Waals surface area contributed by atoms with Gasteiger partial charge in [0.15, 0.2) is 0 Å². The first-order valence-electron chi connectivity index (χ1n) is 9.09. The predicted molar refractivity (Wildman–Crippen MR) is 94.1 cm³/mol. The van der Waals surface area contributed by atoms with E-state index < -0.39 is 0 Å². The smallest absolute Gasteiger partial charge is 0.271 e. The van der Waals surface area contributed by atoms with Crippen LogP contribution in [0.1, 0.15) is 47.8 Å². The van der Waals surface area contributed by atoms with Crippen molar-refractivity contribution in [2.75, 3.05) is 6.54 Å². The van der Waals surface area contributed by atoms with Crippen LogP contribution in [0.3, 0.4) is 0 Å². The summed E-state index contributed by atoms with van der Waals surface area (Å²) in [4.78, 5) is 31.1. The third kappa shape index (κ3) is 3.23. The molecule has 1 N–H and O–H groups in total. The fourth-order valence-electron chi connectivity index (χ4n) is 3.85. The average Bonchev–Trinajstić information content (AvgIpc) is 3.21. The van der Waals surface area contributed by atoms with Crippen molar-refractivity contribution < 1.29 is 9.59 Å². The second kappa shape index (κ2) is 6.59. The molecular weight excluding hydrogens is 332 g/mol. The molecule has 0 spiro atoms. The molecule has 2 aromatic rings. The summed E-state index contributed by atoms with van der Waals surface area (Å²) < 4.78 is 3.52. The van der Waals surface area contributed by atoms with E-state index in [0.717, 1.165) is 24.8 Å². The van der Waals surface area contributed by atoms with Gasteiger partial charge in [0.25, 0.3) is 5.91 Å². The zero-order chi connectivity index (χ0) is 18.3. The molecule has 2 fully saturated rings. The number of carbonyl (C=O) groups excluding carboxylic acids is 2. The van der Waals surface area contributed by atoms with Gasteiger partial charge in [0.05, 0.1) is 18.6 Å². The van der Waals surface area contributed by atoms with Gasteiger partial charge in [-0.3, -0.25) is 14.3 Å². The molecule has 2 aromatic heterocycles. The molecule has 26 heavy (non-hydrogen) atoms. The number of rotatable bonds is 5. The molecule has 1 saturated heterocycles. The van der Waals surface area contributed by atoms with Crippen LogP contribution in [-0.2, 0) is 18.9 Å². The van der Waals surface area contributed by atoms with Crippen LogP contribution in [0.15, 0.2) is 24.9 Å². The predicted octanol–water partition coefficient (Wildman–Crippen LogP) is 1.03. The minimum absolute atomic E-state index is 0.0264. The quantitative estimate of drug-likeness (QED) is 0.867. The maximum atomic E-state index is 12.6. The molecule has 1 saturated carbocycles. The number of likely N-dealkylation sites (tertiary alicyclic amines) is 1. The van der Waals surface area contributed by atoms with Crippen molar-refractivity contribution in [2.45, 2.75) is 37.8 Å². The molecule has 0 radical (unpaired) electrons. The molecule has 3 heterocycles. The molecule has 1 aliphatic heterocycles. The molecule has 138 valence electrons. The minimum Gasteiger partial charge on any atom is -0.350 e. The van der Waals surface area contributed by atoms with Gasteiger partial charge in [-0.15, -0.1) is 0 Å². The Hall–Kier alpha value is -2.64. The molecule has 4 rings (SSSR count). The normalized spacial score (nSPS) is 23.3. The Morgan fingerprint density at radius 3 is 2.69 bits per heavy atom. The van der Waals surface area contributed by atoms with Crippen LogP contribution in [0, 0.1) is 5.92 Å². The van der Waals surface area contributed by atoms with Gasteiger partial charge in [0, 0.05) is 57.0 Å². The Morgan fingerprint density at radius 1 is 1.27 bits per heavy atom. The lowest BCUT2D eigenvalue weighted by atomic mass is 9.85. The van der Waals surface area contributed by atoms with Gasteiger partial charge in [-0.25, -0.2) is 4.98 Å². The molecule has 8 heteroatoms. The fourth-order valence-corrected chi connectivity index (χ4v) is 3.85. The molecule has 2 atom stereocenters. The molecular formula is C18H24N6O2. The van der Waals surface area contributed by atoms with Crippen molar-refractivity contribution in [3.05, 3.63) is 36.2 Å². The fraction of sp³-hybridized carbons (Fsp3) is 0.556. The van der Waals surface area contributed by atoms with Gasteiger partial charge < -0.3 is 14.8 Å². The lowest BCUT2D eigenvalue weighted by Gasteiger charge is -2.41. The van der Waals surface area contributed by atoms with Crippen LogP contribution in [0.4, 0.5) is 0 Å². The van der Waals surface area contributed by atoms with Gasteiger partial charge in [-0.1, -0.05) is 0 Å². The van der Waals surface area contributed by atoms with Crippen molar-refractivity contribution in [1.82, 2.24) is 29.5 Å². The third-order valence-corrected chi connectivity index (χ3v) is 5.23. The van der Waals surface area contributed by atoms with E-state index in [1.165, 1.54) is 0 Å². The van der Waals surface area contributed by atoms with E-state index in [0.29, 0.717) is 24.7 Å². The van der Waals surface area contributed by atoms with E-state index in [9.17, 15) is 9.59 Å². The number of hydrogen-bond donors (Lipinski definition) is 1. The number of aromatic nitrogens is 4. The Kier molecular flexibility index (Phi) is 4.26. The Morgan fingerprint density at radius 2 is 2.08 bits per heavy atom. The molecule has 1 aliphatic carbocycles. The van der Waals surface area contributed by atoms with E-state index in [2.05, 4.69) is 15.4 Å². The van der Waals surface area contributed by atoms with E-state index in [-0.39, 0.29) is 23.8 Å². The lowest BCUT2D eigenvalue weighted by molar-refractivity contribution is -0.139. The number of hydrogen-bond acceptors (Lipinski definition) is 4. The highest BCUT2D eigenvalue weighted by Gasteiger charge is 2.44. The summed E-state index contributed by atoms with van der Waals surface area (Å²) in [7, 11) is 3.72. The average molecular weight is 356 g/mol. The van der Waals surface area contributed by atoms with Crippen LogP contribution >= 0.6 is 0 Å². The van der Waals surface area contributed by atoms with Crippen LogP contribution in [0.25, 0.3) is 0 Å². The highest BCUT2D eigenvalue weighted by molar-refractivity contribution is 5.92. The number of aryl methyl sites for hydroxylation is 2. The van der Waals surface area contributed by atoms with Gasteiger partial charge in [-0.05, 0) is 19.3 Å². The zero-order valence-corrected chi connectivity index (χ0v) is 15.1. The first-order chi connectivity index (χ1) is 12.5. The summed E-state index contributed by atoms with van der Waals surface area (Å²) in [5.74, 6) is 0.212. The lowest BCUT2D eigenvalue weighted by Crippen LogP contribution is -2.47. The van der Waals surface area contributed by atoms with Crippen molar-refractivity contribution in [1.29, 1.82) is 0 Å². The minimum atomic E-state index is -0.176. The number of imidazole rings is 1. The Bertz CT molecular complexity index is 821. The summed E-state index contributed by atoms with van der Waals surface area (Å²) in [6.45, 7) is 0.519. The van der Waals surface area contributed by atoms with Crippen LogP contribution < -0.4 is 5.32 Å². The van der Waals surface area contributed by atoms with Crippen LogP contribution in [0.5, 0.6) is 0 Å². The highest BCUT2D eigenvalue weighted by atomic mass is 16.2. The molecule has 8 nitrogen and oxygen atoms in total. The van der Waals surface area contributed by atoms with Crippen molar-refractivity contribution >= 4 is 11.8 Å². The zero-order valence-electron chi connectivity index (χ0n) is 15.1. The molecule has 2 aliphatic rings. The molecule has 0 unspecified atom stereocenters. The SMILES string of the molecule is Cn1cnc(C(=O)NC[C@H]2CCC(=O)N(C3CC3)[C@@H]2c2cnn(C)c2)c1. The number of nitrogens with one attached hydrogen (secondary N) is 1. The third-order valence-electron chi connectivity index (χ3n) is 5.23. The molecule has 0 aromatic carbocycles. The van der Waals surface area contributed by atoms with E-state index in [4.69, 9.17) is 0 Å². The monoisotopic (exact) mass is 356 g/mol. The Balaban J connectivity index is 1.52. The summed E-state index contributed by atoms with van der Waals surface area (Å²) in [6.07, 6.45) is 10.6. The van der Waals surface area contributed by atoms with Crippen LogP contribution in [0.2, 0.25) is 0 Å². The highest BCUT2D eigenvalue weighted by Crippen LogP contribution is 2.43. The maximum Gasteiger partial charge on any atom is 0.271 e. The van der Waals surface area contributed by atoms with Crippen molar-refractivity contribution in [3.63, 3.8) is 0 Å². The van der Waals surface area contributed by atoms with E-state index in [1.54, 1.807) is 21.8 Å². The van der Waals surface area contributed by atoms with E-state index in [1.807, 2.05) is 31.4 Å². The topological polar surface area (TPSA) is 85.1 Å². The molecule has 0 bridgehead atoms. The number of carbonyl (C=O) groups is 2. The summed E-state index contributed by atoms with van der Waals surface area (Å²) in [5, 5.41) is 7.29. The van der Waals surface area contributed by atoms with Gasteiger partial charge in [0.2, 0.25) is 5.91 Å². The molecule has 2 amide bonds. The van der Waals surface area contributed by atoms with Crippen molar-refractivity contribution in [3.8, 4) is 0 Å². The van der Waals surface area contributed by atoms with Gasteiger partial charge in [-0.2, -0.15) is 5.10 Å². The largest absolute Gasteiger partial charge is 0.350 e. The first kappa shape index (κ1) is 16.8. The first-order valence-corrected chi connectivity index (χ1v) is 9.09. The van der Waals surface area contributed by atoms with Crippen LogP contribution in [-0.4, -0.2) is 48.6 Å². The van der Waals surface area contributed by atoms with Gasteiger partial charge >= 0.3 is 0 Å². The maximum absolute atomic E-state index is 12.6. The second-order valence-corrected chi connectivity index (χ2v) is 7.36. The Labute approximate surface area is 152 Å². The summed E-state index contributed by atoms with van der Waals surface area (Å²) in [5.41, 5.74) is 1.46. The van der Waals surface area contributed by atoms with Crippen molar-refractivity contribution in [2.24, 2.45) is 20.0 Å². The number of amides is 2. The summed E-state index contributed by atoms with van der Waals surface area (Å²) in [6, 6.07) is 0.309. The second-order valence-electron chi connectivity index (χ2n) is 7.36. The summed E-state index contributed by atoms with van der Waals surface area (Å²) >= 11 is 0. The van der Waals surface area contributed by atoms with E-state index >= 15 is 0 Å².